The molecule has 0 spiro atoms. The van der Waals surface area contributed by atoms with Gasteiger partial charge < -0.3 is 16.4 Å². The van der Waals surface area contributed by atoms with Gasteiger partial charge >= 0.3 is 0 Å². The van der Waals surface area contributed by atoms with E-state index in [0.29, 0.717) is 12.6 Å². The first-order chi connectivity index (χ1) is 9.40. The van der Waals surface area contributed by atoms with Gasteiger partial charge in [-0.2, -0.15) is 0 Å². The quantitative estimate of drug-likeness (QED) is 0.716. The van der Waals surface area contributed by atoms with Crippen molar-refractivity contribution in [2.24, 2.45) is 17.1 Å². The maximum absolute atomic E-state index is 12.2. The van der Waals surface area contributed by atoms with Gasteiger partial charge in [-0.15, -0.1) is 0 Å². The van der Waals surface area contributed by atoms with Crippen LogP contribution in [0.1, 0.15) is 52.4 Å². The average molecular weight is 281 g/mol. The van der Waals surface area contributed by atoms with E-state index in [9.17, 15) is 9.59 Å². The molecule has 5 nitrogen and oxygen atoms in total. The van der Waals surface area contributed by atoms with Gasteiger partial charge in [0, 0.05) is 12.6 Å². The minimum atomic E-state index is -0.697. The van der Waals surface area contributed by atoms with Crippen LogP contribution in [0.4, 0.5) is 0 Å². The summed E-state index contributed by atoms with van der Waals surface area (Å²) in [6.07, 6.45) is 7.09. The van der Waals surface area contributed by atoms with Crippen LogP contribution >= 0.6 is 0 Å². The highest BCUT2D eigenvalue weighted by Crippen LogP contribution is 2.32. The SMILES string of the molecule is CC(C)(CNC(=O)C1CCC2CCCCC2N1)C(N)=O. The van der Waals surface area contributed by atoms with Crippen LogP contribution in [-0.4, -0.2) is 30.4 Å². The smallest absolute Gasteiger partial charge is 0.237 e. The van der Waals surface area contributed by atoms with E-state index in [0.717, 1.165) is 18.8 Å². The summed E-state index contributed by atoms with van der Waals surface area (Å²) in [5.74, 6) is 0.361. The predicted molar refractivity (Wildman–Crippen MR) is 77.9 cm³/mol. The zero-order chi connectivity index (χ0) is 14.8. The van der Waals surface area contributed by atoms with Gasteiger partial charge in [0.05, 0.1) is 11.5 Å². The van der Waals surface area contributed by atoms with Crippen LogP contribution in [0, 0.1) is 11.3 Å². The summed E-state index contributed by atoms with van der Waals surface area (Å²) in [6, 6.07) is 0.385. The van der Waals surface area contributed by atoms with E-state index in [1.165, 1.54) is 25.7 Å². The molecule has 2 fully saturated rings. The van der Waals surface area contributed by atoms with Crippen molar-refractivity contribution in [3.8, 4) is 0 Å². The summed E-state index contributed by atoms with van der Waals surface area (Å²) < 4.78 is 0. The third-order valence-corrected chi connectivity index (χ3v) is 4.84. The Morgan fingerprint density at radius 2 is 1.90 bits per heavy atom. The molecule has 2 rings (SSSR count). The highest BCUT2D eigenvalue weighted by Gasteiger charge is 2.35. The molecule has 2 amide bonds. The summed E-state index contributed by atoms with van der Waals surface area (Å²) in [6.45, 7) is 3.80. The standard InChI is InChI=1S/C15H27N3O2/c1-15(2,14(16)20)9-17-13(19)12-8-7-10-5-3-4-6-11(10)18-12/h10-12,18H,3-9H2,1-2H3,(H2,16,20)(H,17,19). The Morgan fingerprint density at radius 1 is 1.20 bits per heavy atom. The van der Waals surface area contributed by atoms with Gasteiger partial charge in [-0.3, -0.25) is 9.59 Å². The summed E-state index contributed by atoms with van der Waals surface area (Å²) in [5.41, 5.74) is 4.62. The molecule has 20 heavy (non-hydrogen) atoms. The number of amides is 2. The molecule has 1 saturated heterocycles. The zero-order valence-electron chi connectivity index (χ0n) is 12.6. The summed E-state index contributed by atoms with van der Waals surface area (Å²) in [7, 11) is 0. The molecule has 0 aromatic rings. The number of primary amides is 1. The van der Waals surface area contributed by atoms with E-state index in [-0.39, 0.29) is 17.9 Å². The predicted octanol–water partition coefficient (Wildman–Crippen LogP) is 0.925. The number of hydrogen-bond donors (Lipinski definition) is 3. The third-order valence-electron chi connectivity index (χ3n) is 4.84. The minimum Gasteiger partial charge on any atom is -0.369 e. The Balaban J connectivity index is 1.83. The first-order valence-electron chi connectivity index (χ1n) is 7.74. The fourth-order valence-corrected chi connectivity index (χ4v) is 3.22. The fraction of sp³-hybridized carbons (Fsp3) is 0.867. The monoisotopic (exact) mass is 281 g/mol. The molecule has 3 unspecified atom stereocenters. The van der Waals surface area contributed by atoms with Gasteiger partial charge in [0.25, 0.3) is 0 Å². The van der Waals surface area contributed by atoms with Crippen LogP contribution < -0.4 is 16.4 Å². The lowest BCUT2D eigenvalue weighted by atomic mass is 9.77. The molecule has 0 radical (unpaired) electrons. The molecule has 1 heterocycles. The molecule has 2 aliphatic rings. The molecular formula is C15H27N3O2. The zero-order valence-corrected chi connectivity index (χ0v) is 12.6. The van der Waals surface area contributed by atoms with Crippen LogP contribution in [0.15, 0.2) is 0 Å². The van der Waals surface area contributed by atoms with Crippen molar-refractivity contribution in [3.05, 3.63) is 0 Å². The Morgan fingerprint density at radius 3 is 2.60 bits per heavy atom. The number of carbonyl (C=O) groups excluding carboxylic acids is 2. The molecule has 0 aromatic carbocycles. The van der Waals surface area contributed by atoms with Gasteiger partial charge in [0.15, 0.2) is 0 Å². The number of fused-ring (bicyclic) bond motifs is 1. The lowest BCUT2D eigenvalue weighted by Crippen LogP contribution is -2.56. The molecule has 3 atom stereocenters. The van der Waals surface area contributed by atoms with Crippen molar-refractivity contribution in [2.75, 3.05) is 6.54 Å². The van der Waals surface area contributed by atoms with E-state index in [1.54, 1.807) is 13.8 Å². The number of nitrogens with one attached hydrogen (secondary N) is 2. The molecule has 1 aliphatic carbocycles. The third kappa shape index (κ3) is 3.51. The van der Waals surface area contributed by atoms with Crippen molar-refractivity contribution < 1.29 is 9.59 Å². The topological polar surface area (TPSA) is 84.2 Å². The molecule has 4 N–H and O–H groups in total. The summed E-state index contributed by atoms with van der Waals surface area (Å²) in [5, 5.41) is 6.36. The largest absolute Gasteiger partial charge is 0.369 e. The number of hydrogen-bond acceptors (Lipinski definition) is 3. The first kappa shape index (κ1) is 15.3. The first-order valence-corrected chi connectivity index (χ1v) is 7.74. The van der Waals surface area contributed by atoms with Crippen molar-refractivity contribution in [3.63, 3.8) is 0 Å². The van der Waals surface area contributed by atoms with Gasteiger partial charge in [0.2, 0.25) is 11.8 Å². The van der Waals surface area contributed by atoms with Crippen molar-refractivity contribution in [1.29, 1.82) is 0 Å². The number of nitrogens with two attached hydrogens (primary N) is 1. The van der Waals surface area contributed by atoms with Crippen molar-refractivity contribution in [1.82, 2.24) is 10.6 Å². The van der Waals surface area contributed by atoms with E-state index in [4.69, 9.17) is 5.73 Å². The van der Waals surface area contributed by atoms with Crippen LogP contribution in [0.3, 0.4) is 0 Å². The van der Waals surface area contributed by atoms with Gasteiger partial charge in [-0.1, -0.05) is 12.8 Å². The Labute approximate surface area is 121 Å². The molecule has 114 valence electrons. The molecule has 5 heteroatoms. The van der Waals surface area contributed by atoms with Crippen molar-refractivity contribution >= 4 is 11.8 Å². The van der Waals surface area contributed by atoms with Crippen LogP contribution in [0.25, 0.3) is 0 Å². The Kier molecular flexibility index (Phi) is 4.68. The Hall–Kier alpha value is -1.10. The van der Waals surface area contributed by atoms with Gasteiger partial charge in [0.1, 0.15) is 0 Å². The number of carbonyl (C=O) groups is 2. The minimum absolute atomic E-state index is 0.00310. The maximum Gasteiger partial charge on any atom is 0.237 e. The van der Waals surface area contributed by atoms with E-state index >= 15 is 0 Å². The van der Waals surface area contributed by atoms with Crippen LogP contribution in [0.2, 0.25) is 0 Å². The van der Waals surface area contributed by atoms with Crippen LogP contribution in [0.5, 0.6) is 0 Å². The Bertz CT molecular complexity index is 381. The molecule has 1 saturated carbocycles. The van der Waals surface area contributed by atoms with E-state index < -0.39 is 5.41 Å². The lowest BCUT2D eigenvalue weighted by molar-refractivity contribution is -0.128. The van der Waals surface area contributed by atoms with Gasteiger partial charge in [-0.05, 0) is 45.4 Å². The molecule has 1 aliphatic heterocycles. The average Bonchev–Trinajstić information content (AvgIpc) is 2.44. The maximum atomic E-state index is 12.2. The summed E-state index contributed by atoms with van der Waals surface area (Å²) in [4.78, 5) is 23.5. The van der Waals surface area contributed by atoms with Gasteiger partial charge in [-0.25, -0.2) is 0 Å². The summed E-state index contributed by atoms with van der Waals surface area (Å²) >= 11 is 0. The van der Waals surface area contributed by atoms with Crippen molar-refractivity contribution in [2.45, 2.75) is 64.5 Å². The molecule has 0 bridgehead atoms. The van der Waals surface area contributed by atoms with E-state index in [2.05, 4.69) is 10.6 Å². The fourth-order valence-electron chi connectivity index (χ4n) is 3.22. The second kappa shape index (κ2) is 6.12. The lowest BCUT2D eigenvalue weighted by Gasteiger charge is -2.40. The number of piperidine rings is 1. The van der Waals surface area contributed by atoms with Crippen LogP contribution in [-0.2, 0) is 9.59 Å². The number of rotatable bonds is 4. The highest BCUT2D eigenvalue weighted by atomic mass is 16.2. The second-order valence-electron chi connectivity index (χ2n) is 6.91. The molecular weight excluding hydrogens is 254 g/mol. The normalized spacial score (nSPS) is 30.4. The molecule has 0 aromatic heterocycles. The van der Waals surface area contributed by atoms with E-state index in [1.807, 2.05) is 0 Å². The highest BCUT2D eigenvalue weighted by molar-refractivity contribution is 5.84. The second-order valence-corrected chi connectivity index (χ2v) is 6.91.